The first-order valence-corrected chi connectivity index (χ1v) is 13.8. The molecule has 11 nitrogen and oxygen atoms in total. The van der Waals surface area contributed by atoms with E-state index in [1.807, 2.05) is 6.92 Å². The molecule has 1 unspecified atom stereocenters. The molecule has 0 spiro atoms. The van der Waals surface area contributed by atoms with Crippen molar-refractivity contribution in [1.82, 2.24) is 14.1 Å². The number of nitrogens with one attached hydrogen (secondary N) is 1. The molecule has 1 fully saturated rings. The van der Waals surface area contributed by atoms with Gasteiger partial charge in [0.2, 0.25) is 21.8 Å². The van der Waals surface area contributed by atoms with Gasteiger partial charge in [-0.1, -0.05) is 13.8 Å². The number of hydrogen-bond acceptors (Lipinski definition) is 7. The number of aromatic nitrogens is 2. The lowest BCUT2D eigenvalue weighted by atomic mass is 10.1. The number of amides is 1. The molecule has 1 aliphatic rings. The predicted molar refractivity (Wildman–Crippen MR) is 139 cm³/mol. The van der Waals surface area contributed by atoms with Gasteiger partial charge in [-0.3, -0.25) is 4.79 Å². The molecule has 13 heteroatoms. The van der Waals surface area contributed by atoms with Gasteiger partial charge in [-0.25, -0.2) is 17.6 Å². The summed E-state index contributed by atoms with van der Waals surface area (Å²) in [5.41, 5.74) is 0.381. The summed E-state index contributed by atoms with van der Waals surface area (Å²) in [7, 11) is -4.12. The number of rotatable bonds is 9. The number of carbonyl (C=O) groups excluding carboxylic acids is 1. The van der Waals surface area contributed by atoms with Crippen molar-refractivity contribution in [2.24, 2.45) is 5.92 Å². The Labute approximate surface area is 225 Å². The van der Waals surface area contributed by atoms with Gasteiger partial charge in [0.1, 0.15) is 16.5 Å². The summed E-state index contributed by atoms with van der Waals surface area (Å²) in [6.45, 7) is 5.80. The number of carboxylic acids is 1. The van der Waals surface area contributed by atoms with Gasteiger partial charge >= 0.3 is 5.97 Å². The number of anilines is 1. The number of nitrogens with zero attached hydrogens (tertiary/aromatic N) is 3. The van der Waals surface area contributed by atoms with Crippen LogP contribution in [0.5, 0.6) is 11.6 Å². The zero-order valence-electron chi connectivity index (χ0n) is 21.7. The van der Waals surface area contributed by atoms with Crippen LogP contribution in [0.25, 0.3) is 5.69 Å². The lowest BCUT2D eigenvalue weighted by Crippen LogP contribution is -2.40. The zero-order chi connectivity index (χ0) is 28.3. The number of carboxylic acid groups (broad SMARTS) is 1. The summed E-state index contributed by atoms with van der Waals surface area (Å²) in [4.78, 5) is 24.1. The minimum absolute atomic E-state index is 0.0613. The molecule has 2 aromatic carbocycles. The van der Waals surface area contributed by atoms with E-state index in [9.17, 15) is 27.5 Å². The Balaban J connectivity index is 1.83. The van der Waals surface area contributed by atoms with Crippen molar-refractivity contribution in [2.75, 3.05) is 31.6 Å². The number of benzene rings is 2. The molecule has 1 aliphatic heterocycles. The third-order valence-electron chi connectivity index (χ3n) is 6.41. The van der Waals surface area contributed by atoms with Crippen LogP contribution in [0.3, 0.4) is 0 Å². The molecule has 3 aromatic rings. The summed E-state index contributed by atoms with van der Waals surface area (Å²) in [6, 6.07) is 9.34. The minimum atomic E-state index is -4.12. The monoisotopic (exact) mass is 560 g/mol. The number of aromatic carboxylic acids is 1. The highest BCUT2D eigenvalue weighted by Crippen LogP contribution is 2.36. The summed E-state index contributed by atoms with van der Waals surface area (Å²) in [5, 5.41) is 16.5. The van der Waals surface area contributed by atoms with Gasteiger partial charge in [-0.05, 0) is 55.8 Å². The highest BCUT2D eigenvalue weighted by atomic mass is 32.2. The average Bonchev–Trinajstić information content (AvgIpc) is 3.25. The Hall–Kier alpha value is -3.81. The van der Waals surface area contributed by atoms with Crippen LogP contribution in [0.2, 0.25) is 0 Å². The Kier molecular flexibility index (Phi) is 8.33. The van der Waals surface area contributed by atoms with Crippen LogP contribution in [-0.4, -0.2) is 65.8 Å². The largest absolute Gasteiger partial charge is 0.476 e. The molecule has 1 saturated heterocycles. The van der Waals surface area contributed by atoms with E-state index in [4.69, 9.17) is 9.47 Å². The number of sulfonamides is 1. The molecule has 0 radical (unpaired) electrons. The third kappa shape index (κ3) is 5.95. The molecular formula is C26H29FN4O7S. The fourth-order valence-electron chi connectivity index (χ4n) is 3.91. The van der Waals surface area contributed by atoms with Gasteiger partial charge in [-0.2, -0.15) is 14.1 Å². The van der Waals surface area contributed by atoms with E-state index in [0.717, 1.165) is 0 Å². The molecule has 0 bridgehead atoms. The summed E-state index contributed by atoms with van der Waals surface area (Å²) in [5.74, 6) is -2.54. The standard InChI is InChI=1S/C26H29FN4O7S/c1-4-16(2)24(32)28-19-7-10-21(22(15-19)39(35,36)30-11-13-37-14-12-30)38-25-17(3)23(26(33)34)29-31(25)20-8-5-18(27)6-9-20/h5-10,15-16H,4,11-14H2,1-3H3,(H,28,32)(H,33,34). The topological polar surface area (TPSA) is 140 Å². The molecule has 2 N–H and O–H groups in total. The molecular weight excluding hydrogens is 531 g/mol. The van der Waals surface area contributed by atoms with E-state index >= 15 is 0 Å². The van der Waals surface area contributed by atoms with Gasteiger partial charge in [0.15, 0.2) is 5.69 Å². The van der Waals surface area contributed by atoms with Crippen molar-refractivity contribution in [3.05, 3.63) is 59.5 Å². The highest BCUT2D eigenvalue weighted by molar-refractivity contribution is 7.89. The first kappa shape index (κ1) is 28.2. The van der Waals surface area contributed by atoms with E-state index < -0.39 is 21.8 Å². The van der Waals surface area contributed by atoms with E-state index in [1.54, 1.807) is 6.92 Å². The fraction of sp³-hybridized carbons (Fsp3) is 0.346. The first-order chi connectivity index (χ1) is 18.5. The van der Waals surface area contributed by atoms with Crippen molar-refractivity contribution in [1.29, 1.82) is 0 Å². The maximum Gasteiger partial charge on any atom is 0.356 e. The Morgan fingerprint density at radius 3 is 2.46 bits per heavy atom. The van der Waals surface area contributed by atoms with E-state index in [1.165, 1.54) is 58.4 Å². The average molecular weight is 561 g/mol. The lowest BCUT2D eigenvalue weighted by molar-refractivity contribution is -0.119. The number of hydrogen-bond donors (Lipinski definition) is 2. The van der Waals surface area contributed by atoms with Crippen LogP contribution in [0.1, 0.15) is 36.3 Å². The maximum atomic E-state index is 13.7. The quantitative estimate of drug-likeness (QED) is 0.403. The van der Waals surface area contributed by atoms with Crippen LogP contribution in [0.15, 0.2) is 47.4 Å². The van der Waals surface area contributed by atoms with Crippen LogP contribution < -0.4 is 10.1 Å². The van der Waals surface area contributed by atoms with Gasteiger partial charge in [0.05, 0.1) is 18.9 Å². The van der Waals surface area contributed by atoms with Gasteiger partial charge in [0.25, 0.3) is 0 Å². The molecule has 0 aliphatic carbocycles. The predicted octanol–water partition coefficient (Wildman–Crippen LogP) is 3.82. The van der Waals surface area contributed by atoms with Gasteiger partial charge in [-0.15, -0.1) is 0 Å². The second-order valence-electron chi connectivity index (χ2n) is 9.05. The number of carbonyl (C=O) groups is 2. The van der Waals surface area contributed by atoms with Crippen LogP contribution >= 0.6 is 0 Å². The number of halogens is 1. The van der Waals surface area contributed by atoms with Crippen molar-refractivity contribution < 1.29 is 37.0 Å². The SMILES string of the molecule is CCC(C)C(=O)Nc1ccc(Oc2c(C)c(C(=O)O)nn2-c2ccc(F)cc2)c(S(=O)(=O)N2CCOCC2)c1. The van der Waals surface area contributed by atoms with Gasteiger partial charge < -0.3 is 19.9 Å². The second kappa shape index (κ2) is 11.5. The maximum absolute atomic E-state index is 13.7. The molecule has 1 atom stereocenters. The Morgan fingerprint density at radius 1 is 1.18 bits per heavy atom. The van der Waals surface area contributed by atoms with Crippen molar-refractivity contribution in [3.63, 3.8) is 0 Å². The van der Waals surface area contributed by atoms with Crippen LogP contribution in [0, 0.1) is 18.7 Å². The Bertz CT molecular complexity index is 1480. The smallest absolute Gasteiger partial charge is 0.356 e. The summed E-state index contributed by atoms with van der Waals surface area (Å²) >= 11 is 0. The molecule has 1 amide bonds. The van der Waals surface area contributed by atoms with Crippen LogP contribution in [0.4, 0.5) is 10.1 Å². The van der Waals surface area contributed by atoms with Crippen molar-refractivity contribution >= 4 is 27.6 Å². The second-order valence-corrected chi connectivity index (χ2v) is 11.0. The van der Waals surface area contributed by atoms with E-state index in [0.29, 0.717) is 12.1 Å². The van der Waals surface area contributed by atoms with Gasteiger partial charge in [0, 0.05) is 30.3 Å². The number of ether oxygens (including phenoxy) is 2. The molecule has 1 aromatic heterocycles. The fourth-order valence-corrected chi connectivity index (χ4v) is 5.46. The minimum Gasteiger partial charge on any atom is -0.476 e. The van der Waals surface area contributed by atoms with Crippen LogP contribution in [-0.2, 0) is 19.6 Å². The summed E-state index contributed by atoms with van der Waals surface area (Å²) < 4.78 is 54.8. The normalized spacial score (nSPS) is 15.1. The molecule has 208 valence electrons. The molecule has 4 rings (SSSR count). The van der Waals surface area contributed by atoms with Crippen molar-refractivity contribution in [2.45, 2.75) is 32.1 Å². The first-order valence-electron chi connectivity index (χ1n) is 12.3. The molecule has 0 saturated carbocycles. The molecule has 2 heterocycles. The van der Waals surface area contributed by atoms with Crippen molar-refractivity contribution in [3.8, 4) is 17.3 Å². The highest BCUT2D eigenvalue weighted by Gasteiger charge is 2.32. The lowest BCUT2D eigenvalue weighted by Gasteiger charge is -2.27. The Morgan fingerprint density at radius 2 is 1.85 bits per heavy atom. The number of morpholine rings is 1. The van der Waals surface area contributed by atoms with E-state index in [-0.39, 0.29) is 71.6 Å². The third-order valence-corrected chi connectivity index (χ3v) is 8.33. The summed E-state index contributed by atoms with van der Waals surface area (Å²) in [6.07, 6.45) is 0.602. The molecule has 39 heavy (non-hydrogen) atoms. The zero-order valence-corrected chi connectivity index (χ0v) is 22.5. The van der Waals surface area contributed by atoms with E-state index in [2.05, 4.69) is 10.4 Å².